The number of nitrogens with one attached hydrogen (secondary N) is 1. The van der Waals surface area contributed by atoms with Gasteiger partial charge in [-0.3, -0.25) is 0 Å². The topological polar surface area (TPSA) is 49.3 Å². The second kappa shape index (κ2) is 6.13. The third-order valence-electron chi connectivity index (χ3n) is 2.51. The molecule has 1 aromatic heterocycles. The Bertz CT molecular complexity index is 536. The molecule has 0 aliphatic rings. The summed E-state index contributed by atoms with van der Waals surface area (Å²) in [6, 6.07) is 8.95. The number of carbonyl (C=O) groups is 1. The molecular formula is C13H12BrNO2S. The van der Waals surface area contributed by atoms with Crippen molar-refractivity contribution in [3.8, 4) is 0 Å². The molecule has 0 saturated heterocycles. The Kier molecular flexibility index (Phi) is 4.52. The molecule has 94 valence electrons. The molecule has 5 heteroatoms. The second-order valence-corrected chi connectivity index (χ2v) is 5.65. The fourth-order valence-electron chi connectivity index (χ4n) is 1.54. The molecule has 0 aliphatic heterocycles. The zero-order chi connectivity index (χ0) is 13.0. The number of halogens is 1. The Hall–Kier alpha value is -1.17. The summed E-state index contributed by atoms with van der Waals surface area (Å²) >= 11 is 5.19. The maximum absolute atomic E-state index is 10.7. The molecule has 0 saturated carbocycles. The van der Waals surface area contributed by atoms with Crippen LogP contribution in [-0.4, -0.2) is 11.1 Å². The standard InChI is InChI=1S/C13H12BrNO2S/c14-11-5-6-18-12(11)8-15-7-9-1-3-10(4-2-9)13(16)17/h1-6,15H,7-8H2,(H,16,17). The number of aromatic carboxylic acids is 1. The zero-order valence-corrected chi connectivity index (χ0v) is 11.9. The largest absolute Gasteiger partial charge is 0.478 e. The van der Waals surface area contributed by atoms with Crippen LogP contribution in [0.4, 0.5) is 0 Å². The maximum Gasteiger partial charge on any atom is 0.335 e. The first kappa shape index (κ1) is 13.3. The molecule has 0 radical (unpaired) electrons. The summed E-state index contributed by atoms with van der Waals surface area (Å²) in [4.78, 5) is 12.0. The van der Waals surface area contributed by atoms with Crippen LogP contribution in [0.5, 0.6) is 0 Å². The average molecular weight is 326 g/mol. The first-order chi connectivity index (χ1) is 8.66. The summed E-state index contributed by atoms with van der Waals surface area (Å²) in [5, 5.41) is 14.2. The zero-order valence-electron chi connectivity index (χ0n) is 9.52. The number of thiophene rings is 1. The van der Waals surface area contributed by atoms with Crippen LogP contribution in [0.15, 0.2) is 40.2 Å². The van der Waals surface area contributed by atoms with Crippen molar-refractivity contribution >= 4 is 33.2 Å². The maximum atomic E-state index is 10.7. The van der Waals surface area contributed by atoms with Gasteiger partial charge in [0.25, 0.3) is 0 Å². The monoisotopic (exact) mass is 325 g/mol. The minimum absolute atomic E-state index is 0.319. The Morgan fingerprint density at radius 1 is 1.22 bits per heavy atom. The van der Waals surface area contributed by atoms with Crippen molar-refractivity contribution in [3.05, 3.63) is 56.2 Å². The number of carboxylic acid groups (broad SMARTS) is 1. The Balaban J connectivity index is 1.87. The van der Waals surface area contributed by atoms with E-state index in [4.69, 9.17) is 5.11 Å². The number of rotatable bonds is 5. The molecule has 1 heterocycles. The van der Waals surface area contributed by atoms with Crippen LogP contribution in [0.1, 0.15) is 20.8 Å². The lowest BCUT2D eigenvalue weighted by Gasteiger charge is -2.04. The van der Waals surface area contributed by atoms with Crippen LogP contribution in [0.25, 0.3) is 0 Å². The van der Waals surface area contributed by atoms with E-state index in [0.717, 1.165) is 23.1 Å². The van der Waals surface area contributed by atoms with Crippen LogP contribution in [-0.2, 0) is 13.1 Å². The van der Waals surface area contributed by atoms with E-state index in [-0.39, 0.29) is 0 Å². The number of hydrogen-bond acceptors (Lipinski definition) is 3. The van der Waals surface area contributed by atoms with Crippen molar-refractivity contribution in [2.24, 2.45) is 0 Å². The van der Waals surface area contributed by atoms with Crippen molar-refractivity contribution in [1.29, 1.82) is 0 Å². The summed E-state index contributed by atoms with van der Waals surface area (Å²) in [6.07, 6.45) is 0. The Morgan fingerprint density at radius 2 is 1.94 bits per heavy atom. The molecule has 2 rings (SSSR count). The van der Waals surface area contributed by atoms with E-state index in [1.807, 2.05) is 23.6 Å². The summed E-state index contributed by atoms with van der Waals surface area (Å²) in [7, 11) is 0. The fourth-order valence-corrected chi connectivity index (χ4v) is 3.00. The highest BCUT2D eigenvalue weighted by atomic mass is 79.9. The van der Waals surface area contributed by atoms with Gasteiger partial charge in [0.15, 0.2) is 0 Å². The van der Waals surface area contributed by atoms with Gasteiger partial charge in [0, 0.05) is 22.4 Å². The Morgan fingerprint density at radius 3 is 2.50 bits per heavy atom. The van der Waals surface area contributed by atoms with E-state index in [1.165, 1.54) is 4.88 Å². The van der Waals surface area contributed by atoms with Gasteiger partial charge >= 0.3 is 5.97 Å². The molecule has 3 nitrogen and oxygen atoms in total. The van der Waals surface area contributed by atoms with Gasteiger partial charge in [-0.1, -0.05) is 12.1 Å². The minimum Gasteiger partial charge on any atom is -0.478 e. The second-order valence-electron chi connectivity index (χ2n) is 3.80. The van der Waals surface area contributed by atoms with Gasteiger partial charge in [-0.15, -0.1) is 11.3 Å². The van der Waals surface area contributed by atoms with Crippen LogP contribution >= 0.6 is 27.3 Å². The van der Waals surface area contributed by atoms with E-state index in [1.54, 1.807) is 23.5 Å². The quantitative estimate of drug-likeness (QED) is 0.884. The third-order valence-corrected chi connectivity index (χ3v) is 4.43. The molecule has 2 N–H and O–H groups in total. The van der Waals surface area contributed by atoms with Crippen molar-refractivity contribution < 1.29 is 9.90 Å². The predicted octanol–water partition coefficient (Wildman–Crippen LogP) is 3.50. The van der Waals surface area contributed by atoms with Gasteiger partial charge in [-0.25, -0.2) is 4.79 Å². The molecule has 0 aliphatic carbocycles. The molecule has 0 bridgehead atoms. The predicted molar refractivity (Wildman–Crippen MR) is 76.0 cm³/mol. The van der Waals surface area contributed by atoms with Gasteiger partial charge in [0.2, 0.25) is 0 Å². The summed E-state index contributed by atoms with van der Waals surface area (Å²) in [6.45, 7) is 1.53. The normalized spacial score (nSPS) is 10.5. The van der Waals surface area contributed by atoms with Gasteiger partial charge in [-0.2, -0.15) is 0 Å². The first-order valence-corrected chi connectivity index (χ1v) is 7.09. The molecule has 0 fully saturated rings. The highest BCUT2D eigenvalue weighted by Crippen LogP contribution is 2.22. The van der Waals surface area contributed by atoms with E-state index in [2.05, 4.69) is 21.2 Å². The smallest absolute Gasteiger partial charge is 0.335 e. The van der Waals surface area contributed by atoms with E-state index >= 15 is 0 Å². The lowest BCUT2D eigenvalue weighted by atomic mass is 10.1. The number of benzene rings is 1. The van der Waals surface area contributed by atoms with Crippen LogP contribution in [0, 0.1) is 0 Å². The van der Waals surface area contributed by atoms with Crippen LogP contribution in [0.3, 0.4) is 0 Å². The van der Waals surface area contributed by atoms with E-state index < -0.39 is 5.97 Å². The molecule has 0 unspecified atom stereocenters. The van der Waals surface area contributed by atoms with E-state index in [9.17, 15) is 4.79 Å². The van der Waals surface area contributed by atoms with Crippen molar-refractivity contribution in [2.45, 2.75) is 13.1 Å². The van der Waals surface area contributed by atoms with Gasteiger partial charge in [0.05, 0.1) is 5.56 Å². The number of carboxylic acids is 1. The van der Waals surface area contributed by atoms with Crippen molar-refractivity contribution in [2.75, 3.05) is 0 Å². The van der Waals surface area contributed by atoms with Crippen molar-refractivity contribution in [1.82, 2.24) is 5.32 Å². The Labute approximate surface area is 118 Å². The molecule has 1 aromatic carbocycles. The SMILES string of the molecule is O=C(O)c1ccc(CNCc2sccc2Br)cc1. The molecule has 18 heavy (non-hydrogen) atoms. The molecular weight excluding hydrogens is 314 g/mol. The molecule has 2 aromatic rings. The summed E-state index contributed by atoms with van der Waals surface area (Å²) in [5.74, 6) is -0.892. The van der Waals surface area contributed by atoms with Crippen molar-refractivity contribution in [3.63, 3.8) is 0 Å². The summed E-state index contributed by atoms with van der Waals surface area (Å²) in [5.41, 5.74) is 1.40. The average Bonchev–Trinajstić information content (AvgIpc) is 2.76. The summed E-state index contributed by atoms with van der Waals surface area (Å²) < 4.78 is 1.13. The van der Waals surface area contributed by atoms with Crippen LogP contribution < -0.4 is 5.32 Å². The highest BCUT2D eigenvalue weighted by Gasteiger charge is 2.03. The molecule has 0 amide bonds. The lowest BCUT2D eigenvalue weighted by molar-refractivity contribution is 0.0697. The molecule has 0 spiro atoms. The van der Waals surface area contributed by atoms with Gasteiger partial charge in [-0.05, 0) is 45.1 Å². The van der Waals surface area contributed by atoms with Crippen LogP contribution in [0.2, 0.25) is 0 Å². The van der Waals surface area contributed by atoms with E-state index in [0.29, 0.717) is 5.56 Å². The van der Waals surface area contributed by atoms with Gasteiger partial charge in [0.1, 0.15) is 0 Å². The highest BCUT2D eigenvalue weighted by molar-refractivity contribution is 9.10. The lowest BCUT2D eigenvalue weighted by Crippen LogP contribution is -2.12. The van der Waals surface area contributed by atoms with Gasteiger partial charge < -0.3 is 10.4 Å². The fraction of sp³-hybridized carbons (Fsp3) is 0.154. The third kappa shape index (κ3) is 3.41. The molecule has 0 atom stereocenters. The minimum atomic E-state index is -0.892. The first-order valence-electron chi connectivity index (χ1n) is 5.41. The number of hydrogen-bond donors (Lipinski definition) is 2.